The molecule has 1 amide bonds. The van der Waals surface area contributed by atoms with E-state index in [1.54, 1.807) is 12.1 Å². The summed E-state index contributed by atoms with van der Waals surface area (Å²) in [7, 11) is 0. The van der Waals surface area contributed by atoms with Gasteiger partial charge in [0.2, 0.25) is 5.91 Å². The van der Waals surface area contributed by atoms with E-state index in [1.165, 1.54) is 6.92 Å². The maximum absolute atomic E-state index is 11.2. The van der Waals surface area contributed by atoms with Crippen LogP contribution >= 0.6 is 24.0 Å². The smallest absolute Gasteiger partial charge is 0.221 e. The molecule has 0 aromatic heterocycles. The highest BCUT2D eigenvalue weighted by atomic mass is 35.5. The van der Waals surface area contributed by atoms with Crippen LogP contribution in [0.4, 0.5) is 5.69 Å². The topological polar surface area (TPSA) is 50.8 Å². The summed E-state index contributed by atoms with van der Waals surface area (Å²) in [5.41, 5.74) is 0.594. The van der Waals surface area contributed by atoms with Crippen LogP contribution in [0.1, 0.15) is 27.7 Å². The summed E-state index contributed by atoms with van der Waals surface area (Å²) in [5.74, 6) is 0.900. The second kappa shape index (κ2) is 11.4. The van der Waals surface area contributed by atoms with Crippen molar-refractivity contribution < 1.29 is 14.3 Å². The number of ether oxygens (including phenoxy) is 2. The molecule has 0 aliphatic carbocycles. The van der Waals surface area contributed by atoms with Crippen LogP contribution in [0.3, 0.4) is 0 Å². The standard InChI is InChI=1S/C16H25ClN2O3.ClH/c1-5-19(6-2)8-9-22-16-14(17)10-13(18-12(4)20)11-15(16)21-7-3;/h10-11H,5-9H2,1-4H3,(H,18,20);1H. The van der Waals surface area contributed by atoms with Crippen LogP contribution in [0, 0.1) is 0 Å². The molecular weight excluding hydrogens is 339 g/mol. The maximum atomic E-state index is 11.2. The molecule has 0 aliphatic rings. The molecule has 0 heterocycles. The molecule has 132 valence electrons. The number of carbonyl (C=O) groups excluding carboxylic acids is 1. The van der Waals surface area contributed by atoms with Crippen LogP contribution in [-0.4, -0.2) is 43.7 Å². The van der Waals surface area contributed by atoms with Gasteiger partial charge in [-0.15, -0.1) is 12.4 Å². The van der Waals surface area contributed by atoms with Gasteiger partial charge in [0.15, 0.2) is 11.5 Å². The Balaban J connectivity index is 0.00000484. The number of carbonyl (C=O) groups is 1. The van der Waals surface area contributed by atoms with E-state index >= 15 is 0 Å². The SMILES string of the molecule is CCOc1cc(NC(C)=O)cc(Cl)c1OCCN(CC)CC.Cl. The van der Waals surface area contributed by atoms with Gasteiger partial charge in [-0.3, -0.25) is 4.79 Å². The molecule has 0 radical (unpaired) electrons. The van der Waals surface area contributed by atoms with Crippen molar-refractivity contribution in [1.29, 1.82) is 0 Å². The van der Waals surface area contributed by atoms with Gasteiger partial charge in [0.05, 0.1) is 11.6 Å². The molecule has 1 N–H and O–H groups in total. The minimum Gasteiger partial charge on any atom is -0.490 e. The van der Waals surface area contributed by atoms with Crippen molar-refractivity contribution in [2.75, 3.05) is 38.2 Å². The molecule has 5 nitrogen and oxygen atoms in total. The lowest BCUT2D eigenvalue weighted by Gasteiger charge is -2.20. The molecule has 0 saturated heterocycles. The van der Waals surface area contributed by atoms with Gasteiger partial charge >= 0.3 is 0 Å². The number of nitrogens with one attached hydrogen (secondary N) is 1. The summed E-state index contributed by atoms with van der Waals surface area (Å²) < 4.78 is 11.4. The van der Waals surface area contributed by atoms with E-state index in [9.17, 15) is 4.79 Å². The Hall–Kier alpha value is -1.17. The van der Waals surface area contributed by atoms with E-state index < -0.39 is 0 Å². The molecule has 0 bridgehead atoms. The minimum absolute atomic E-state index is 0. The fourth-order valence-electron chi connectivity index (χ4n) is 2.06. The Morgan fingerprint density at radius 1 is 1.22 bits per heavy atom. The average molecular weight is 365 g/mol. The van der Waals surface area contributed by atoms with E-state index in [4.69, 9.17) is 21.1 Å². The van der Waals surface area contributed by atoms with E-state index in [0.717, 1.165) is 19.6 Å². The van der Waals surface area contributed by atoms with Crippen LogP contribution in [0.5, 0.6) is 11.5 Å². The number of amides is 1. The maximum Gasteiger partial charge on any atom is 0.221 e. The third-order valence-corrected chi connectivity index (χ3v) is 3.46. The molecule has 0 aliphatic heterocycles. The highest BCUT2D eigenvalue weighted by Crippen LogP contribution is 2.38. The first kappa shape index (κ1) is 21.8. The van der Waals surface area contributed by atoms with Crippen LogP contribution in [0.15, 0.2) is 12.1 Å². The van der Waals surface area contributed by atoms with Crippen molar-refractivity contribution in [2.45, 2.75) is 27.7 Å². The summed E-state index contributed by atoms with van der Waals surface area (Å²) in [5, 5.41) is 3.12. The summed E-state index contributed by atoms with van der Waals surface area (Å²) in [6.07, 6.45) is 0. The molecular formula is C16H26Cl2N2O3. The Bertz CT molecular complexity index is 494. The number of likely N-dealkylation sites (N-methyl/N-ethyl adjacent to an activating group) is 1. The zero-order valence-corrected chi connectivity index (χ0v) is 15.7. The van der Waals surface area contributed by atoms with E-state index in [2.05, 4.69) is 24.1 Å². The van der Waals surface area contributed by atoms with Crippen molar-refractivity contribution in [3.8, 4) is 11.5 Å². The Labute approximate surface area is 149 Å². The van der Waals surface area contributed by atoms with Gasteiger partial charge in [0.1, 0.15) is 6.61 Å². The van der Waals surface area contributed by atoms with Crippen LogP contribution in [-0.2, 0) is 4.79 Å². The highest BCUT2D eigenvalue weighted by Gasteiger charge is 2.13. The van der Waals surface area contributed by atoms with Gasteiger partial charge in [-0.1, -0.05) is 25.4 Å². The number of nitrogens with zero attached hydrogens (tertiary/aromatic N) is 1. The van der Waals surface area contributed by atoms with E-state index in [-0.39, 0.29) is 18.3 Å². The first-order valence-corrected chi connectivity index (χ1v) is 7.98. The van der Waals surface area contributed by atoms with Gasteiger partial charge < -0.3 is 19.7 Å². The summed E-state index contributed by atoms with van der Waals surface area (Å²) in [6, 6.07) is 3.39. The number of hydrogen-bond donors (Lipinski definition) is 1. The highest BCUT2D eigenvalue weighted by molar-refractivity contribution is 6.32. The van der Waals surface area contributed by atoms with Crippen LogP contribution in [0.2, 0.25) is 5.02 Å². The average Bonchev–Trinajstić information content (AvgIpc) is 2.45. The van der Waals surface area contributed by atoms with Crippen molar-refractivity contribution in [3.63, 3.8) is 0 Å². The minimum atomic E-state index is -0.159. The first-order valence-electron chi connectivity index (χ1n) is 7.60. The Morgan fingerprint density at radius 3 is 2.39 bits per heavy atom. The second-order valence-corrected chi connectivity index (χ2v) is 5.18. The molecule has 0 saturated carbocycles. The van der Waals surface area contributed by atoms with E-state index in [0.29, 0.717) is 35.4 Å². The van der Waals surface area contributed by atoms with Crippen molar-refractivity contribution in [1.82, 2.24) is 4.90 Å². The number of rotatable bonds is 9. The Kier molecular flexibility index (Phi) is 10.8. The molecule has 1 aromatic rings. The lowest BCUT2D eigenvalue weighted by molar-refractivity contribution is -0.114. The van der Waals surface area contributed by atoms with Gasteiger partial charge in [-0.25, -0.2) is 0 Å². The Morgan fingerprint density at radius 2 is 1.87 bits per heavy atom. The van der Waals surface area contributed by atoms with E-state index in [1.807, 2.05) is 6.92 Å². The largest absolute Gasteiger partial charge is 0.490 e. The molecule has 1 rings (SSSR count). The summed E-state index contributed by atoms with van der Waals surface area (Å²) in [6.45, 7) is 11.4. The predicted octanol–water partition coefficient (Wildman–Crippen LogP) is 3.84. The summed E-state index contributed by atoms with van der Waals surface area (Å²) in [4.78, 5) is 13.4. The number of halogens is 2. The monoisotopic (exact) mass is 364 g/mol. The lowest BCUT2D eigenvalue weighted by atomic mass is 10.2. The zero-order valence-electron chi connectivity index (χ0n) is 14.1. The molecule has 1 aromatic carbocycles. The van der Waals surface area contributed by atoms with Gasteiger partial charge in [-0.05, 0) is 26.1 Å². The number of hydrogen-bond acceptors (Lipinski definition) is 4. The molecule has 0 unspecified atom stereocenters. The predicted molar refractivity (Wildman–Crippen MR) is 97.5 cm³/mol. The fourth-order valence-corrected chi connectivity index (χ4v) is 2.33. The molecule has 23 heavy (non-hydrogen) atoms. The van der Waals surface area contributed by atoms with Gasteiger partial charge in [0, 0.05) is 25.2 Å². The third kappa shape index (κ3) is 7.29. The zero-order chi connectivity index (χ0) is 16.5. The van der Waals surface area contributed by atoms with Crippen molar-refractivity contribution in [3.05, 3.63) is 17.2 Å². The molecule has 0 spiro atoms. The molecule has 0 fully saturated rings. The number of anilines is 1. The second-order valence-electron chi connectivity index (χ2n) is 4.77. The van der Waals surface area contributed by atoms with Gasteiger partial charge in [0.25, 0.3) is 0 Å². The first-order chi connectivity index (χ1) is 10.5. The molecule has 0 atom stereocenters. The fraction of sp³-hybridized carbons (Fsp3) is 0.562. The lowest BCUT2D eigenvalue weighted by Crippen LogP contribution is -2.28. The third-order valence-electron chi connectivity index (χ3n) is 3.18. The van der Waals surface area contributed by atoms with Crippen LogP contribution < -0.4 is 14.8 Å². The molecule has 7 heteroatoms. The number of benzene rings is 1. The normalized spacial score (nSPS) is 10.2. The quantitative estimate of drug-likeness (QED) is 0.723. The van der Waals surface area contributed by atoms with Crippen molar-refractivity contribution in [2.24, 2.45) is 0 Å². The van der Waals surface area contributed by atoms with Crippen molar-refractivity contribution >= 4 is 35.6 Å². The van der Waals surface area contributed by atoms with Crippen LogP contribution in [0.25, 0.3) is 0 Å². The summed E-state index contributed by atoms with van der Waals surface area (Å²) >= 11 is 6.27. The van der Waals surface area contributed by atoms with Gasteiger partial charge in [-0.2, -0.15) is 0 Å².